The van der Waals surface area contributed by atoms with Gasteiger partial charge in [0, 0.05) is 17.6 Å². The second-order valence-electron chi connectivity index (χ2n) is 6.01. The van der Waals surface area contributed by atoms with Crippen LogP contribution in [0.5, 0.6) is 5.75 Å². The van der Waals surface area contributed by atoms with Crippen molar-refractivity contribution in [3.05, 3.63) is 42.1 Å². The highest BCUT2D eigenvalue weighted by Crippen LogP contribution is 2.31. The van der Waals surface area contributed by atoms with Crippen LogP contribution in [-0.4, -0.2) is 36.4 Å². The van der Waals surface area contributed by atoms with Gasteiger partial charge < -0.3 is 15.5 Å². The van der Waals surface area contributed by atoms with E-state index in [9.17, 15) is 4.79 Å². The van der Waals surface area contributed by atoms with Gasteiger partial charge in [0.1, 0.15) is 0 Å². The molecule has 0 radical (unpaired) electrons. The molecule has 0 spiro atoms. The molecule has 3 aliphatic rings. The van der Waals surface area contributed by atoms with E-state index in [1.165, 1.54) is 11.6 Å². The lowest BCUT2D eigenvalue weighted by Gasteiger charge is -2.24. The molecule has 6 heteroatoms. The fourth-order valence-electron chi connectivity index (χ4n) is 3.38. The zero-order valence-corrected chi connectivity index (χ0v) is 12.2. The molecule has 1 aromatic rings. The zero-order chi connectivity index (χ0) is 14.9. The lowest BCUT2D eigenvalue weighted by Crippen LogP contribution is -2.47. The Labute approximate surface area is 129 Å². The van der Waals surface area contributed by atoms with Crippen molar-refractivity contribution in [1.82, 2.24) is 15.9 Å². The van der Waals surface area contributed by atoms with E-state index in [1.54, 1.807) is 30.5 Å². The van der Waals surface area contributed by atoms with Gasteiger partial charge in [-0.1, -0.05) is 5.23 Å². The Bertz CT molecular complexity index is 587. The van der Waals surface area contributed by atoms with E-state index in [4.69, 9.17) is 9.68 Å². The SMILES string of the molecule is O=C(NC1CC2CNC1C2)c1ccc(ON2C=CCO2)cc1. The quantitative estimate of drug-likeness (QED) is 0.875. The molecule has 2 bridgehead atoms. The number of nitrogens with zero attached hydrogens (tertiary/aromatic N) is 1. The van der Waals surface area contributed by atoms with Crippen LogP contribution in [0.1, 0.15) is 23.2 Å². The number of hydrogen-bond acceptors (Lipinski definition) is 5. The number of hydroxylamine groups is 2. The largest absolute Gasteiger partial charge is 0.354 e. The summed E-state index contributed by atoms with van der Waals surface area (Å²) in [4.78, 5) is 22.9. The van der Waals surface area contributed by atoms with Crippen molar-refractivity contribution in [3.8, 4) is 5.75 Å². The van der Waals surface area contributed by atoms with Crippen LogP contribution in [0.3, 0.4) is 0 Å². The summed E-state index contributed by atoms with van der Waals surface area (Å²) < 4.78 is 0. The first-order valence-electron chi connectivity index (χ1n) is 7.69. The number of carbonyl (C=O) groups is 1. The molecule has 2 N–H and O–H groups in total. The average molecular weight is 301 g/mol. The zero-order valence-electron chi connectivity index (χ0n) is 12.2. The van der Waals surface area contributed by atoms with Gasteiger partial charge in [0.2, 0.25) is 0 Å². The third-order valence-electron chi connectivity index (χ3n) is 4.48. The lowest BCUT2D eigenvalue weighted by molar-refractivity contribution is -0.263. The predicted molar refractivity (Wildman–Crippen MR) is 79.8 cm³/mol. The molecule has 3 unspecified atom stereocenters. The van der Waals surface area contributed by atoms with E-state index in [1.807, 2.05) is 6.08 Å². The summed E-state index contributed by atoms with van der Waals surface area (Å²) in [7, 11) is 0. The molecule has 6 nitrogen and oxygen atoms in total. The predicted octanol–water partition coefficient (Wildman–Crippen LogP) is 1.22. The molecule has 2 fully saturated rings. The number of fused-ring (bicyclic) bond motifs is 2. The van der Waals surface area contributed by atoms with Gasteiger partial charge in [0.25, 0.3) is 5.91 Å². The monoisotopic (exact) mass is 301 g/mol. The molecular weight excluding hydrogens is 282 g/mol. The number of hydrogen-bond donors (Lipinski definition) is 2. The van der Waals surface area contributed by atoms with Crippen molar-refractivity contribution in [3.63, 3.8) is 0 Å². The van der Waals surface area contributed by atoms with Crippen molar-refractivity contribution in [1.29, 1.82) is 0 Å². The standard InChI is InChI=1S/C16H19N3O3/c20-16(18-15-9-11-8-14(15)17-10-11)12-2-4-13(5-3-12)22-19-6-1-7-21-19/h1-6,11,14-15,17H,7-10H2,(H,18,20). The van der Waals surface area contributed by atoms with Crippen molar-refractivity contribution in [2.75, 3.05) is 13.2 Å². The molecule has 1 saturated heterocycles. The molecule has 22 heavy (non-hydrogen) atoms. The maximum absolute atomic E-state index is 12.3. The smallest absolute Gasteiger partial charge is 0.251 e. The van der Waals surface area contributed by atoms with E-state index in [0.717, 1.165) is 18.9 Å². The summed E-state index contributed by atoms with van der Waals surface area (Å²) >= 11 is 0. The molecule has 1 aromatic carbocycles. The van der Waals surface area contributed by atoms with Crippen LogP contribution in [0, 0.1) is 5.92 Å². The summed E-state index contributed by atoms with van der Waals surface area (Å²) in [5.74, 6) is 1.33. The molecule has 4 rings (SSSR count). The Morgan fingerprint density at radius 3 is 2.82 bits per heavy atom. The Hall–Kier alpha value is -2.05. The Kier molecular flexibility index (Phi) is 3.48. The molecule has 0 aromatic heterocycles. The van der Waals surface area contributed by atoms with E-state index < -0.39 is 0 Å². The van der Waals surface area contributed by atoms with Crippen LogP contribution in [0.25, 0.3) is 0 Å². The van der Waals surface area contributed by atoms with Gasteiger partial charge in [0.05, 0.1) is 12.8 Å². The Balaban J connectivity index is 1.35. The van der Waals surface area contributed by atoms with Crippen molar-refractivity contribution in [2.24, 2.45) is 5.92 Å². The number of nitrogens with one attached hydrogen (secondary N) is 2. The van der Waals surface area contributed by atoms with Crippen LogP contribution in [0.15, 0.2) is 36.5 Å². The van der Waals surface area contributed by atoms with Crippen LogP contribution < -0.4 is 15.5 Å². The minimum atomic E-state index is -0.0248. The Morgan fingerprint density at radius 2 is 2.18 bits per heavy atom. The van der Waals surface area contributed by atoms with Gasteiger partial charge in [-0.2, -0.15) is 0 Å². The van der Waals surface area contributed by atoms with Gasteiger partial charge in [-0.05, 0) is 55.6 Å². The van der Waals surface area contributed by atoms with E-state index >= 15 is 0 Å². The third-order valence-corrected chi connectivity index (χ3v) is 4.48. The molecule has 1 aliphatic carbocycles. The highest BCUT2D eigenvalue weighted by atomic mass is 17.0. The van der Waals surface area contributed by atoms with Crippen molar-refractivity contribution < 1.29 is 14.5 Å². The first kappa shape index (κ1) is 13.6. The highest BCUT2D eigenvalue weighted by molar-refractivity contribution is 5.94. The van der Waals surface area contributed by atoms with Gasteiger partial charge in [-0.3, -0.25) is 4.79 Å². The molecular formula is C16H19N3O3. The maximum atomic E-state index is 12.3. The highest BCUT2D eigenvalue weighted by Gasteiger charge is 2.39. The normalized spacial score (nSPS) is 29.1. The molecule has 1 saturated carbocycles. The van der Waals surface area contributed by atoms with Crippen molar-refractivity contribution >= 4 is 5.91 Å². The molecule has 3 atom stereocenters. The van der Waals surface area contributed by atoms with E-state index in [-0.39, 0.29) is 11.9 Å². The summed E-state index contributed by atoms with van der Waals surface area (Å²) in [5, 5.41) is 7.88. The van der Waals surface area contributed by atoms with E-state index in [0.29, 0.717) is 24.0 Å². The fourth-order valence-corrected chi connectivity index (χ4v) is 3.38. The Morgan fingerprint density at radius 1 is 1.32 bits per heavy atom. The van der Waals surface area contributed by atoms with Gasteiger partial charge in [-0.15, -0.1) is 0 Å². The summed E-state index contributed by atoms with van der Waals surface area (Å²) in [6.45, 7) is 1.61. The number of amides is 1. The van der Waals surface area contributed by atoms with Gasteiger partial charge in [0.15, 0.2) is 5.75 Å². The maximum Gasteiger partial charge on any atom is 0.251 e. The number of rotatable bonds is 4. The third kappa shape index (κ3) is 2.67. The minimum Gasteiger partial charge on any atom is -0.354 e. The van der Waals surface area contributed by atoms with Crippen LogP contribution in [0.4, 0.5) is 0 Å². The molecule has 1 amide bonds. The molecule has 2 heterocycles. The summed E-state index contributed by atoms with van der Waals surface area (Å²) in [6.07, 6.45) is 5.83. The van der Waals surface area contributed by atoms with Crippen LogP contribution in [-0.2, 0) is 4.84 Å². The molecule has 116 valence electrons. The van der Waals surface area contributed by atoms with E-state index in [2.05, 4.69) is 10.6 Å². The van der Waals surface area contributed by atoms with Gasteiger partial charge in [-0.25, -0.2) is 4.84 Å². The number of carbonyl (C=O) groups excluding carboxylic acids is 1. The summed E-state index contributed by atoms with van der Waals surface area (Å²) in [5.41, 5.74) is 0.646. The van der Waals surface area contributed by atoms with Crippen molar-refractivity contribution in [2.45, 2.75) is 24.9 Å². The first-order chi connectivity index (χ1) is 10.8. The topological polar surface area (TPSA) is 62.8 Å². The molecule has 2 aliphatic heterocycles. The second kappa shape index (κ2) is 5.62. The number of benzene rings is 1. The van der Waals surface area contributed by atoms with Crippen LogP contribution >= 0.6 is 0 Å². The lowest BCUT2D eigenvalue weighted by atomic mass is 10.1. The summed E-state index contributed by atoms with van der Waals surface area (Å²) in [6, 6.07) is 7.77. The first-order valence-corrected chi connectivity index (χ1v) is 7.69. The van der Waals surface area contributed by atoms with Crippen LogP contribution in [0.2, 0.25) is 0 Å². The average Bonchev–Trinajstić information content (AvgIpc) is 3.25. The fraction of sp³-hybridized carbons (Fsp3) is 0.438. The second-order valence-corrected chi connectivity index (χ2v) is 6.01. The number of piperidine rings is 1. The minimum absolute atomic E-state index is 0.0248. The van der Waals surface area contributed by atoms with Gasteiger partial charge >= 0.3 is 0 Å².